The SMILES string of the molecule is CN=C(N)N1C=C[C@H](CNCCO)[C@@]2(C1)[C@@H]1CC[C@@H](C)[C@]23C[C@](O)(CO[C@@H]2CC[C@H](CCCO)[C@H]4NCCC[C@H]42)C(C(=O)O)=C3C1. The van der Waals surface area contributed by atoms with Crippen LogP contribution in [0.5, 0.6) is 0 Å². The smallest absolute Gasteiger partial charge is 0.334 e. The van der Waals surface area contributed by atoms with E-state index in [1.807, 2.05) is 11.1 Å². The highest BCUT2D eigenvalue weighted by atomic mass is 16.5. The van der Waals surface area contributed by atoms with E-state index >= 15 is 0 Å². The van der Waals surface area contributed by atoms with Gasteiger partial charge in [0.2, 0.25) is 0 Å². The predicted molar refractivity (Wildman–Crippen MR) is 176 cm³/mol. The number of carboxylic acid groups (broad SMARTS) is 1. The molecule has 2 bridgehead atoms. The first-order valence-corrected chi connectivity index (χ1v) is 17.8. The summed E-state index contributed by atoms with van der Waals surface area (Å²) in [5.74, 6) is 0.662. The summed E-state index contributed by atoms with van der Waals surface area (Å²) in [4.78, 5) is 19.6. The topological polar surface area (TPSA) is 173 Å². The van der Waals surface area contributed by atoms with Crippen molar-refractivity contribution in [2.75, 3.05) is 53.0 Å². The van der Waals surface area contributed by atoms with Crippen LogP contribution in [-0.4, -0.2) is 108 Å². The second-order valence-electron chi connectivity index (χ2n) is 15.2. The van der Waals surface area contributed by atoms with Crippen LogP contribution >= 0.6 is 0 Å². The number of rotatable bonds is 11. The molecule has 2 spiro atoms. The molecule has 4 aliphatic carbocycles. The van der Waals surface area contributed by atoms with E-state index in [1.165, 1.54) is 0 Å². The second-order valence-corrected chi connectivity index (χ2v) is 15.2. The number of carbonyl (C=O) groups is 1. The van der Waals surface area contributed by atoms with E-state index in [2.05, 4.69) is 28.6 Å². The molecule has 0 amide bonds. The minimum Gasteiger partial charge on any atom is -0.478 e. The zero-order valence-corrected chi connectivity index (χ0v) is 27.8. The molecule has 3 saturated carbocycles. The number of fused-ring (bicyclic) bond motifs is 1. The van der Waals surface area contributed by atoms with E-state index < -0.39 is 17.0 Å². The van der Waals surface area contributed by atoms with Crippen molar-refractivity contribution in [1.29, 1.82) is 0 Å². The van der Waals surface area contributed by atoms with Crippen LogP contribution in [0.2, 0.25) is 0 Å². The molecule has 6 rings (SSSR count). The molecule has 2 aliphatic heterocycles. The fraction of sp³-hybridized carbons (Fsp3) is 0.829. The highest BCUT2D eigenvalue weighted by molar-refractivity contribution is 5.92. The van der Waals surface area contributed by atoms with Crippen LogP contribution in [0, 0.1) is 40.4 Å². The van der Waals surface area contributed by atoms with Crippen molar-refractivity contribution in [2.24, 2.45) is 51.1 Å². The second kappa shape index (κ2) is 13.5. The normalized spacial score (nSPS) is 42.1. The molecule has 0 aromatic carbocycles. The van der Waals surface area contributed by atoms with Gasteiger partial charge in [-0.15, -0.1) is 0 Å². The van der Waals surface area contributed by atoms with Gasteiger partial charge in [0.25, 0.3) is 0 Å². The highest BCUT2D eigenvalue weighted by Crippen LogP contribution is 2.77. The maximum atomic E-state index is 13.2. The van der Waals surface area contributed by atoms with Gasteiger partial charge in [-0.3, -0.25) is 4.99 Å². The number of aliphatic hydroxyl groups excluding tert-OH is 2. The van der Waals surface area contributed by atoms with Crippen LogP contribution < -0.4 is 16.4 Å². The number of nitrogens with one attached hydrogen (secondary N) is 2. The molecule has 11 nitrogen and oxygen atoms in total. The molecule has 0 radical (unpaired) electrons. The number of allylic oxidation sites excluding steroid dienone is 1. The van der Waals surface area contributed by atoms with Gasteiger partial charge in [0, 0.05) is 62.3 Å². The predicted octanol–water partition coefficient (Wildman–Crippen LogP) is 1.83. The van der Waals surface area contributed by atoms with Crippen LogP contribution in [0.3, 0.4) is 0 Å². The summed E-state index contributed by atoms with van der Waals surface area (Å²) < 4.78 is 6.73. The molecular formula is C35H57N5O6. The molecule has 10 atom stereocenters. The van der Waals surface area contributed by atoms with Crippen molar-refractivity contribution in [2.45, 2.75) is 88.9 Å². The summed E-state index contributed by atoms with van der Waals surface area (Å²) in [6.07, 6.45) is 12.9. The van der Waals surface area contributed by atoms with E-state index in [0.29, 0.717) is 56.3 Å². The Kier molecular flexibility index (Phi) is 9.92. The number of aliphatic carboxylic acids is 1. The lowest BCUT2D eigenvalue weighted by Crippen LogP contribution is -2.62. The third-order valence-corrected chi connectivity index (χ3v) is 13.3. The molecule has 0 aromatic heterocycles. The number of piperidine rings is 1. The highest BCUT2D eigenvalue weighted by Gasteiger charge is 2.75. The molecule has 0 aromatic rings. The monoisotopic (exact) mass is 643 g/mol. The first-order valence-electron chi connectivity index (χ1n) is 17.8. The first-order chi connectivity index (χ1) is 22.2. The van der Waals surface area contributed by atoms with Crippen LogP contribution in [0.1, 0.15) is 71.1 Å². The summed E-state index contributed by atoms with van der Waals surface area (Å²) in [6.45, 7) is 5.21. The van der Waals surface area contributed by atoms with Crippen LogP contribution in [0.15, 0.2) is 28.4 Å². The Hall–Kier alpha value is -2.02. The van der Waals surface area contributed by atoms with E-state index in [4.69, 9.17) is 10.5 Å². The van der Waals surface area contributed by atoms with Gasteiger partial charge < -0.3 is 46.4 Å². The summed E-state index contributed by atoms with van der Waals surface area (Å²) >= 11 is 0. The molecule has 1 saturated heterocycles. The van der Waals surface area contributed by atoms with Crippen LogP contribution in [0.4, 0.5) is 0 Å². The summed E-state index contributed by atoms with van der Waals surface area (Å²) in [5, 5.41) is 49.7. The number of nitrogens with zero attached hydrogens (tertiary/aromatic N) is 2. The fourth-order valence-electron chi connectivity index (χ4n) is 11.5. The maximum absolute atomic E-state index is 13.2. The van der Waals surface area contributed by atoms with Crippen molar-refractivity contribution in [3.63, 3.8) is 0 Å². The molecular weight excluding hydrogens is 586 g/mol. The number of aliphatic imine (C=N–C) groups is 1. The Morgan fingerprint density at radius 2 is 2.04 bits per heavy atom. The molecule has 11 heteroatoms. The van der Waals surface area contributed by atoms with Gasteiger partial charge >= 0.3 is 5.97 Å². The standard InChI is InChI=1S/C35H57N5O6/c1-22-7-9-24-17-27-29(31(43)44)33(45,21-46-28-10-8-23(5-4-15-41)30-26(28)6-3-12-39-30)19-34(22,27)35(24)20-40(32(36)37-2)14-11-25(35)18-38-13-16-42/h11,14,22-26,28,30,38-39,41-42,45H,3-10,12-13,15-21H2,1-2H3,(H2,36,37)(H,43,44)/t22-,23+,24-,25-,26+,28-,30-,33+,34+,35-/m1/s1. The Morgan fingerprint density at radius 1 is 1.22 bits per heavy atom. The largest absolute Gasteiger partial charge is 0.478 e. The fourth-order valence-corrected chi connectivity index (χ4v) is 11.5. The quantitative estimate of drug-likeness (QED) is 0.100. The van der Waals surface area contributed by atoms with E-state index in [1.54, 1.807) is 7.05 Å². The first kappa shape index (κ1) is 33.9. The minimum atomic E-state index is -1.60. The molecule has 2 heterocycles. The van der Waals surface area contributed by atoms with Gasteiger partial charge in [0.15, 0.2) is 5.96 Å². The van der Waals surface area contributed by atoms with Gasteiger partial charge in [-0.25, -0.2) is 4.79 Å². The number of ether oxygens (including phenoxy) is 1. The maximum Gasteiger partial charge on any atom is 0.334 e. The Morgan fingerprint density at radius 3 is 2.78 bits per heavy atom. The van der Waals surface area contributed by atoms with E-state index in [-0.39, 0.29) is 54.7 Å². The molecule has 0 unspecified atom stereocenters. The molecule has 258 valence electrons. The number of hydrogen-bond acceptors (Lipinski definition) is 8. The van der Waals surface area contributed by atoms with E-state index in [9.17, 15) is 25.2 Å². The third-order valence-electron chi connectivity index (χ3n) is 13.3. The number of hydrogen-bond donors (Lipinski definition) is 7. The van der Waals surface area contributed by atoms with Crippen molar-refractivity contribution < 1.29 is 30.0 Å². The van der Waals surface area contributed by atoms with E-state index in [0.717, 1.165) is 63.5 Å². The number of nitrogens with two attached hydrogens (primary N) is 1. The minimum absolute atomic E-state index is 0.0198. The van der Waals surface area contributed by atoms with Crippen molar-refractivity contribution in [3.8, 4) is 0 Å². The lowest BCUT2D eigenvalue weighted by atomic mass is 9.46. The van der Waals surface area contributed by atoms with Gasteiger partial charge in [-0.1, -0.05) is 13.0 Å². The lowest BCUT2D eigenvalue weighted by Gasteiger charge is -2.61. The Bertz CT molecular complexity index is 1230. The summed E-state index contributed by atoms with van der Waals surface area (Å²) in [6, 6.07) is 0.327. The van der Waals surface area contributed by atoms with Crippen LogP contribution in [-0.2, 0) is 9.53 Å². The van der Waals surface area contributed by atoms with Gasteiger partial charge in [-0.05, 0) is 100.0 Å². The number of carboxylic acids is 1. The van der Waals surface area contributed by atoms with Crippen LogP contribution in [0.25, 0.3) is 0 Å². The molecule has 8 N–H and O–H groups in total. The van der Waals surface area contributed by atoms with Gasteiger partial charge in [-0.2, -0.15) is 0 Å². The Balaban J connectivity index is 1.34. The number of guanidine groups is 1. The summed E-state index contributed by atoms with van der Waals surface area (Å²) in [7, 11) is 1.69. The van der Waals surface area contributed by atoms with Crippen molar-refractivity contribution >= 4 is 11.9 Å². The molecule has 46 heavy (non-hydrogen) atoms. The van der Waals surface area contributed by atoms with Crippen molar-refractivity contribution in [3.05, 3.63) is 23.4 Å². The number of aliphatic hydroxyl groups is 3. The lowest BCUT2D eigenvalue weighted by molar-refractivity contribution is -0.147. The molecule has 4 fully saturated rings. The van der Waals surface area contributed by atoms with Gasteiger partial charge in [0.1, 0.15) is 5.60 Å². The zero-order chi connectivity index (χ0) is 32.7. The van der Waals surface area contributed by atoms with Gasteiger partial charge in [0.05, 0.1) is 24.9 Å². The Labute approximate surface area is 273 Å². The third kappa shape index (κ3) is 5.33. The van der Waals surface area contributed by atoms with Crippen molar-refractivity contribution in [1.82, 2.24) is 15.5 Å². The summed E-state index contributed by atoms with van der Waals surface area (Å²) in [5.41, 5.74) is 4.98. The average Bonchev–Trinajstić information content (AvgIpc) is 3.40. The zero-order valence-electron chi connectivity index (χ0n) is 27.8. The average molecular weight is 644 g/mol. The molecule has 6 aliphatic rings.